The number of rotatable bonds is 4. The Labute approximate surface area is 79.5 Å². The number of hydrogen-bond acceptors (Lipinski definition) is 2. The first-order valence-electron chi connectivity index (χ1n) is 5.36. The first-order valence-corrected chi connectivity index (χ1v) is 5.36. The van der Waals surface area contributed by atoms with Crippen molar-refractivity contribution in [2.45, 2.75) is 44.7 Å². The summed E-state index contributed by atoms with van der Waals surface area (Å²) in [5.41, 5.74) is 0. The maximum atomic E-state index is 11.7. The van der Waals surface area contributed by atoms with Crippen molar-refractivity contribution in [2.24, 2.45) is 0 Å². The zero-order valence-corrected chi connectivity index (χ0v) is 8.25. The standard InChI is InChI=1S/C10H18N2O/c1-2-6-12-7-5-9(10(12)13)11-8-3-4-8/h8-9,11H,2-7H2,1H3. The molecule has 2 aliphatic rings. The Bertz CT molecular complexity index is 201. The molecule has 0 bridgehead atoms. The SMILES string of the molecule is CCCN1CCC(NC2CC2)C1=O. The fourth-order valence-electron chi connectivity index (χ4n) is 1.92. The third kappa shape index (κ3) is 2.02. The van der Waals surface area contributed by atoms with Gasteiger partial charge in [0.15, 0.2) is 0 Å². The van der Waals surface area contributed by atoms with E-state index in [0.29, 0.717) is 11.9 Å². The van der Waals surface area contributed by atoms with E-state index in [1.54, 1.807) is 0 Å². The van der Waals surface area contributed by atoms with Crippen molar-refractivity contribution in [3.63, 3.8) is 0 Å². The highest BCUT2D eigenvalue weighted by Gasteiger charge is 2.34. The van der Waals surface area contributed by atoms with Crippen LogP contribution in [0.1, 0.15) is 32.6 Å². The smallest absolute Gasteiger partial charge is 0.239 e. The lowest BCUT2D eigenvalue weighted by molar-refractivity contribution is -0.129. The lowest BCUT2D eigenvalue weighted by atomic mass is 10.2. The van der Waals surface area contributed by atoms with Crippen molar-refractivity contribution in [1.82, 2.24) is 10.2 Å². The molecule has 2 rings (SSSR count). The number of nitrogens with zero attached hydrogens (tertiary/aromatic N) is 1. The lowest BCUT2D eigenvalue weighted by Crippen LogP contribution is -2.39. The predicted octanol–water partition coefficient (Wildman–Crippen LogP) is 0.749. The number of carbonyl (C=O) groups is 1. The van der Waals surface area contributed by atoms with Crippen LogP contribution in [0.2, 0.25) is 0 Å². The molecule has 1 heterocycles. The first-order chi connectivity index (χ1) is 6.31. The van der Waals surface area contributed by atoms with E-state index in [2.05, 4.69) is 12.2 Å². The number of hydrogen-bond donors (Lipinski definition) is 1. The van der Waals surface area contributed by atoms with Crippen LogP contribution in [0, 0.1) is 0 Å². The second-order valence-corrected chi connectivity index (χ2v) is 4.11. The van der Waals surface area contributed by atoms with Gasteiger partial charge < -0.3 is 10.2 Å². The molecule has 1 amide bonds. The fourth-order valence-corrected chi connectivity index (χ4v) is 1.92. The zero-order chi connectivity index (χ0) is 9.26. The lowest BCUT2D eigenvalue weighted by Gasteiger charge is -2.15. The van der Waals surface area contributed by atoms with Crippen molar-refractivity contribution >= 4 is 5.91 Å². The average molecular weight is 182 g/mol. The normalized spacial score (nSPS) is 28.5. The summed E-state index contributed by atoms with van der Waals surface area (Å²) in [6, 6.07) is 0.787. The molecule has 2 fully saturated rings. The van der Waals surface area contributed by atoms with Crippen LogP contribution >= 0.6 is 0 Å². The van der Waals surface area contributed by atoms with Gasteiger partial charge >= 0.3 is 0 Å². The van der Waals surface area contributed by atoms with Gasteiger partial charge in [-0.3, -0.25) is 4.79 Å². The van der Waals surface area contributed by atoms with Crippen molar-refractivity contribution in [3.8, 4) is 0 Å². The van der Waals surface area contributed by atoms with Crippen LogP contribution in [-0.2, 0) is 4.79 Å². The molecule has 1 N–H and O–H groups in total. The van der Waals surface area contributed by atoms with Gasteiger partial charge in [-0.1, -0.05) is 6.92 Å². The Kier molecular flexibility index (Phi) is 2.54. The minimum atomic E-state index is 0.138. The number of likely N-dealkylation sites (tertiary alicyclic amines) is 1. The molecular formula is C10H18N2O. The zero-order valence-electron chi connectivity index (χ0n) is 8.25. The highest BCUT2D eigenvalue weighted by molar-refractivity contribution is 5.84. The summed E-state index contributed by atoms with van der Waals surface area (Å²) in [5, 5.41) is 3.40. The van der Waals surface area contributed by atoms with Crippen LogP contribution in [0.25, 0.3) is 0 Å². The molecular weight excluding hydrogens is 164 g/mol. The fraction of sp³-hybridized carbons (Fsp3) is 0.900. The third-order valence-corrected chi connectivity index (χ3v) is 2.81. The van der Waals surface area contributed by atoms with E-state index in [9.17, 15) is 4.79 Å². The van der Waals surface area contributed by atoms with E-state index in [4.69, 9.17) is 0 Å². The molecule has 0 aromatic carbocycles. The van der Waals surface area contributed by atoms with Gasteiger partial charge in [-0.25, -0.2) is 0 Å². The molecule has 1 atom stereocenters. The molecule has 1 aliphatic carbocycles. The Morgan fingerprint density at radius 1 is 1.46 bits per heavy atom. The van der Waals surface area contributed by atoms with Crippen molar-refractivity contribution in [1.29, 1.82) is 0 Å². The molecule has 1 unspecified atom stereocenters. The summed E-state index contributed by atoms with van der Waals surface area (Å²) in [6.45, 7) is 4.01. The monoisotopic (exact) mass is 182 g/mol. The first kappa shape index (κ1) is 9.00. The van der Waals surface area contributed by atoms with Crippen LogP contribution in [0.5, 0.6) is 0 Å². The molecule has 74 valence electrons. The molecule has 1 saturated carbocycles. The topological polar surface area (TPSA) is 32.3 Å². The number of carbonyl (C=O) groups excluding carboxylic acids is 1. The summed E-state index contributed by atoms with van der Waals surface area (Å²) >= 11 is 0. The second kappa shape index (κ2) is 3.66. The van der Waals surface area contributed by atoms with Gasteiger partial charge in [-0.2, -0.15) is 0 Å². The minimum absolute atomic E-state index is 0.138. The molecule has 0 radical (unpaired) electrons. The molecule has 13 heavy (non-hydrogen) atoms. The van der Waals surface area contributed by atoms with E-state index in [-0.39, 0.29) is 6.04 Å². The predicted molar refractivity (Wildman–Crippen MR) is 51.4 cm³/mol. The molecule has 3 heteroatoms. The van der Waals surface area contributed by atoms with Gasteiger partial charge in [0, 0.05) is 19.1 Å². The van der Waals surface area contributed by atoms with E-state index in [0.717, 1.165) is 25.9 Å². The van der Waals surface area contributed by atoms with Crippen LogP contribution < -0.4 is 5.32 Å². The molecule has 1 saturated heterocycles. The minimum Gasteiger partial charge on any atom is -0.341 e. The number of nitrogens with one attached hydrogen (secondary N) is 1. The Morgan fingerprint density at radius 2 is 2.23 bits per heavy atom. The summed E-state index contributed by atoms with van der Waals surface area (Å²) in [6.07, 6.45) is 4.60. The van der Waals surface area contributed by atoms with E-state index in [1.807, 2.05) is 4.90 Å². The summed E-state index contributed by atoms with van der Waals surface area (Å²) in [4.78, 5) is 13.7. The van der Waals surface area contributed by atoms with Crippen LogP contribution in [0.15, 0.2) is 0 Å². The average Bonchev–Trinajstić information content (AvgIpc) is 2.86. The van der Waals surface area contributed by atoms with Gasteiger partial charge in [0.05, 0.1) is 6.04 Å². The van der Waals surface area contributed by atoms with Crippen molar-refractivity contribution in [2.75, 3.05) is 13.1 Å². The van der Waals surface area contributed by atoms with Crippen LogP contribution in [0.3, 0.4) is 0 Å². The molecule has 0 aromatic rings. The van der Waals surface area contributed by atoms with Crippen LogP contribution in [0.4, 0.5) is 0 Å². The van der Waals surface area contributed by atoms with Gasteiger partial charge in [0.2, 0.25) is 5.91 Å². The van der Waals surface area contributed by atoms with E-state index >= 15 is 0 Å². The van der Waals surface area contributed by atoms with Crippen molar-refractivity contribution < 1.29 is 4.79 Å². The Hall–Kier alpha value is -0.570. The maximum Gasteiger partial charge on any atom is 0.239 e. The van der Waals surface area contributed by atoms with E-state index in [1.165, 1.54) is 12.8 Å². The van der Waals surface area contributed by atoms with Crippen LogP contribution in [-0.4, -0.2) is 36.0 Å². The molecule has 0 aromatic heterocycles. The molecule has 1 aliphatic heterocycles. The van der Waals surface area contributed by atoms with Gasteiger partial charge in [-0.05, 0) is 25.7 Å². The summed E-state index contributed by atoms with van der Waals surface area (Å²) in [7, 11) is 0. The Morgan fingerprint density at radius 3 is 2.85 bits per heavy atom. The largest absolute Gasteiger partial charge is 0.341 e. The Balaban J connectivity index is 1.82. The second-order valence-electron chi connectivity index (χ2n) is 4.11. The highest BCUT2D eigenvalue weighted by Crippen LogP contribution is 2.22. The van der Waals surface area contributed by atoms with E-state index < -0.39 is 0 Å². The van der Waals surface area contributed by atoms with Crippen molar-refractivity contribution in [3.05, 3.63) is 0 Å². The molecule has 0 spiro atoms. The van der Waals surface area contributed by atoms with Gasteiger partial charge in [-0.15, -0.1) is 0 Å². The third-order valence-electron chi connectivity index (χ3n) is 2.81. The quantitative estimate of drug-likeness (QED) is 0.696. The van der Waals surface area contributed by atoms with Gasteiger partial charge in [0.1, 0.15) is 0 Å². The van der Waals surface area contributed by atoms with Gasteiger partial charge in [0.25, 0.3) is 0 Å². The maximum absolute atomic E-state index is 11.7. The molecule has 3 nitrogen and oxygen atoms in total. The summed E-state index contributed by atoms with van der Waals surface area (Å²) < 4.78 is 0. The number of amides is 1. The highest BCUT2D eigenvalue weighted by atomic mass is 16.2. The summed E-state index contributed by atoms with van der Waals surface area (Å²) in [5.74, 6) is 0.328.